The Morgan fingerprint density at radius 1 is 1.29 bits per heavy atom. The van der Waals surface area contributed by atoms with Crippen molar-refractivity contribution in [2.75, 3.05) is 6.54 Å². The van der Waals surface area contributed by atoms with Crippen molar-refractivity contribution in [3.63, 3.8) is 0 Å². The SMILES string of the molecule is CCN(Cc1cccc(F)c1)S(=O)(=O)c1ccc(Cl)nc1. The van der Waals surface area contributed by atoms with E-state index in [1.807, 2.05) is 0 Å². The number of rotatable bonds is 5. The van der Waals surface area contributed by atoms with Crippen LogP contribution >= 0.6 is 11.6 Å². The lowest BCUT2D eigenvalue weighted by Crippen LogP contribution is -2.30. The predicted octanol–water partition coefficient (Wildman–Crippen LogP) is 3.08. The summed E-state index contributed by atoms with van der Waals surface area (Å²) in [6.45, 7) is 2.08. The third-order valence-electron chi connectivity index (χ3n) is 2.94. The molecule has 112 valence electrons. The van der Waals surface area contributed by atoms with Crippen molar-refractivity contribution in [1.82, 2.24) is 9.29 Å². The summed E-state index contributed by atoms with van der Waals surface area (Å²) in [6.07, 6.45) is 1.21. The van der Waals surface area contributed by atoms with Gasteiger partial charge in [0.1, 0.15) is 15.9 Å². The molecule has 1 heterocycles. The molecule has 7 heteroatoms. The molecule has 0 bridgehead atoms. The fourth-order valence-electron chi connectivity index (χ4n) is 1.87. The van der Waals surface area contributed by atoms with Crippen LogP contribution in [0.1, 0.15) is 12.5 Å². The standard InChI is InChI=1S/C14H14ClFN2O2S/c1-2-18(10-11-4-3-5-12(16)8-11)21(19,20)13-6-7-14(15)17-9-13/h3-9H,2,10H2,1H3. The van der Waals surface area contributed by atoms with Gasteiger partial charge >= 0.3 is 0 Å². The van der Waals surface area contributed by atoms with E-state index >= 15 is 0 Å². The summed E-state index contributed by atoms with van der Waals surface area (Å²) in [5, 5.41) is 0.224. The number of halogens is 2. The van der Waals surface area contributed by atoms with E-state index in [1.165, 1.54) is 34.8 Å². The maximum absolute atomic E-state index is 13.2. The molecular formula is C14H14ClFN2O2S. The third kappa shape index (κ3) is 3.78. The second kappa shape index (κ2) is 6.51. The fraction of sp³-hybridized carbons (Fsp3) is 0.214. The van der Waals surface area contributed by atoms with Crippen LogP contribution in [0.15, 0.2) is 47.5 Å². The molecule has 0 amide bonds. The Morgan fingerprint density at radius 3 is 2.62 bits per heavy atom. The first-order chi connectivity index (χ1) is 9.93. The van der Waals surface area contributed by atoms with Gasteiger partial charge in [0, 0.05) is 19.3 Å². The van der Waals surface area contributed by atoms with Crippen LogP contribution in [-0.2, 0) is 16.6 Å². The minimum atomic E-state index is -3.69. The first-order valence-electron chi connectivity index (χ1n) is 6.29. The highest BCUT2D eigenvalue weighted by Crippen LogP contribution is 2.19. The molecule has 0 saturated carbocycles. The second-order valence-corrected chi connectivity index (χ2v) is 6.70. The Morgan fingerprint density at radius 2 is 2.05 bits per heavy atom. The summed E-state index contributed by atoms with van der Waals surface area (Å²) < 4.78 is 39.5. The molecule has 0 unspecified atom stereocenters. The van der Waals surface area contributed by atoms with E-state index in [4.69, 9.17) is 11.6 Å². The molecule has 0 aliphatic rings. The Labute approximate surface area is 128 Å². The van der Waals surface area contributed by atoms with E-state index in [0.29, 0.717) is 5.56 Å². The summed E-state index contributed by atoms with van der Waals surface area (Å²) in [7, 11) is -3.69. The normalized spacial score (nSPS) is 11.8. The number of pyridine rings is 1. The molecule has 0 aliphatic heterocycles. The van der Waals surface area contributed by atoms with Crippen molar-refractivity contribution in [2.45, 2.75) is 18.4 Å². The smallest absolute Gasteiger partial charge is 0.243 e. The number of benzene rings is 1. The van der Waals surface area contributed by atoms with Crippen LogP contribution in [0.5, 0.6) is 0 Å². The molecule has 0 N–H and O–H groups in total. The number of aromatic nitrogens is 1. The van der Waals surface area contributed by atoms with E-state index in [1.54, 1.807) is 19.1 Å². The lowest BCUT2D eigenvalue weighted by Gasteiger charge is -2.20. The summed E-state index contributed by atoms with van der Waals surface area (Å²) >= 11 is 5.66. The van der Waals surface area contributed by atoms with Crippen LogP contribution in [0.25, 0.3) is 0 Å². The van der Waals surface area contributed by atoms with Gasteiger partial charge in [-0.25, -0.2) is 17.8 Å². The van der Waals surface area contributed by atoms with Crippen molar-refractivity contribution in [1.29, 1.82) is 0 Å². The van der Waals surface area contributed by atoms with Gasteiger partial charge in [-0.05, 0) is 29.8 Å². The molecule has 0 radical (unpaired) electrons. The highest BCUT2D eigenvalue weighted by Gasteiger charge is 2.23. The molecule has 1 aromatic carbocycles. The van der Waals surface area contributed by atoms with Crippen LogP contribution in [0.3, 0.4) is 0 Å². The van der Waals surface area contributed by atoms with Gasteiger partial charge in [0.15, 0.2) is 0 Å². The number of hydrogen-bond acceptors (Lipinski definition) is 3. The highest BCUT2D eigenvalue weighted by molar-refractivity contribution is 7.89. The van der Waals surface area contributed by atoms with Crippen molar-refractivity contribution in [3.8, 4) is 0 Å². The molecule has 0 aliphatic carbocycles. The van der Waals surface area contributed by atoms with Crippen LogP contribution < -0.4 is 0 Å². The molecule has 21 heavy (non-hydrogen) atoms. The van der Waals surface area contributed by atoms with E-state index in [0.717, 1.165) is 0 Å². The molecule has 2 rings (SSSR count). The zero-order chi connectivity index (χ0) is 15.5. The fourth-order valence-corrected chi connectivity index (χ4v) is 3.36. The molecule has 1 aromatic heterocycles. The summed E-state index contributed by atoms with van der Waals surface area (Å²) in [4.78, 5) is 3.84. The van der Waals surface area contributed by atoms with Gasteiger partial charge in [-0.2, -0.15) is 4.31 Å². The minimum absolute atomic E-state index is 0.0603. The average molecular weight is 329 g/mol. The van der Waals surface area contributed by atoms with Crippen LogP contribution in [0.2, 0.25) is 5.15 Å². The Hall–Kier alpha value is -1.50. The van der Waals surface area contributed by atoms with Gasteiger partial charge in [-0.1, -0.05) is 30.7 Å². The van der Waals surface area contributed by atoms with Crippen molar-refractivity contribution < 1.29 is 12.8 Å². The summed E-state index contributed by atoms with van der Waals surface area (Å²) in [5.41, 5.74) is 0.586. The van der Waals surface area contributed by atoms with E-state index in [-0.39, 0.29) is 23.1 Å². The second-order valence-electron chi connectivity index (χ2n) is 4.38. The van der Waals surface area contributed by atoms with Gasteiger partial charge in [0.05, 0.1) is 0 Å². The van der Waals surface area contributed by atoms with Gasteiger partial charge in [-0.3, -0.25) is 0 Å². The maximum Gasteiger partial charge on any atom is 0.244 e. The first-order valence-corrected chi connectivity index (χ1v) is 8.11. The Bertz CT molecular complexity index is 720. The number of hydrogen-bond donors (Lipinski definition) is 0. The van der Waals surface area contributed by atoms with E-state index in [2.05, 4.69) is 4.98 Å². The van der Waals surface area contributed by atoms with Crippen molar-refractivity contribution in [3.05, 3.63) is 59.1 Å². The largest absolute Gasteiger partial charge is 0.244 e. The lowest BCUT2D eigenvalue weighted by molar-refractivity contribution is 0.422. The monoisotopic (exact) mass is 328 g/mol. The molecule has 0 atom stereocenters. The molecule has 2 aromatic rings. The topological polar surface area (TPSA) is 50.3 Å². The highest BCUT2D eigenvalue weighted by atomic mass is 35.5. The van der Waals surface area contributed by atoms with Crippen molar-refractivity contribution in [2.24, 2.45) is 0 Å². The molecule has 0 spiro atoms. The van der Waals surface area contributed by atoms with E-state index in [9.17, 15) is 12.8 Å². The van der Waals surface area contributed by atoms with Gasteiger partial charge in [-0.15, -0.1) is 0 Å². The molecular weight excluding hydrogens is 315 g/mol. The van der Waals surface area contributed by atoms with Gasteiger partial charge in [0.2, 0.25) is 10.0 Å². The van der Waals surface area contributed by atoms with Crippen LogP contribution in [0.4, 0.5) is 4.39 Å². The molecule has 4 nitrogen and oxygen atoms in total. The minimum Gasteiger partial charge on any atom is -0.243 e. The quantitative estimate of drug-likeness (QED) is 0.792. The summed E-state index contributed by atoms with van der Waals surface area (Å²) in [5.74, 6) is -0.394. The van der Waals surface area contributed by atoms with Gasteiger partial charge < -0.3 is 0 Å². The summed E-state index contributed by atoms with van der Waals surface area (Å²) in [6, 6.07) is 8.69. The third-order valence-corrected chi connectivity index (χ3v) is 5.07. The number of nitrogens with zero attached hydrogens (tertiary/aromatic N) is 2. The van der Waals surface area contributed by atoms with Gasteiger partial charge in [0.25, 0.3) is 0 Å². The average Bonchev–Trinajstić information content (AvgIpc) is 2.45. The predicted molar refractivity (Wildman–Crippen MR) is 78.9 cm³/mol. The Balaban J connectivity index is 2.29. The Kier molecular flexibility index (Phi) is 4.92. The zero-order valence-corrected chi connectivity index (χ0v) is 12.9. The first kappa shape index (κ1) is 15.9. The van der Waals surface area contributed by atoms with Crippen LogP contribution in [-0.4, -0.2) is 24.3 Å². The van der Waals surface area contributed by atoms with Crippen LogP contribution in [0, 0.1) is 5.82 Å². The molecule has 0 fully saturated rings. The lowest BCUT2D eigenvalue weighted by atomic mass is 10.2. The molecule has 0 saturated heterocycles. The van der Waals surface area contributed by atoms with Crippen molar-refractivity contribution >= 4 is 21.6 Å². The zero-order valence-electron chi connectivity index (χ0n) is 11.3. The maximum atomic E-state index is 13.2. The number of sulfonamides is 1. The van der Waals surface area contributed by atoms with E-state index < -0.39 is 15.8 Å².